The van der Waals surface area contributed by atoms with Gasteiger partial charge in [-0.2, -0.15) is 0 Å². The molecule has 0 aromatic carbocycles. The normalized spacial score (nSPS) is 28.4. The minimum atomic E-state index is -1.25. The first-order chi connectivity index (χ1) is 7.37. The lowest BCUT2D eigenvalue weighted by Crippen LogP contribution is -2.52. The summed E-state index contributed by atoms with van der Waals surface area (Å²) >= 11 is 0. The molecule has 1 fully saturated rings. The first kappa shape index (κ1) is 12.9. The highest BCUT2D eigenvalue weighted by Gasteiger charge is 2.38. The van der Waals surface area contributed by atoms with Crippen molar-refractivity contribution in [3.8, 4) is 0 Å². The molecule has 6 nitrogen and oxygen atoms in total. The smallest absolute Gasteiger partial charge is 0.328 e. The molecule has 1 amide bonds. The van der Waals surface area contributed by atoms with Gasteiger partial charge in [-0.1, -0.05) is 0 Å². The van der Waals surface area contributed by atoms with Crippen molar-refractivity contribution in [3.05, 3.63) is 0 Å². The van der Waals surface area contributed by atoms with Crippen LogP contribution in [0.1, 0.15) is 20.3 Å². The number of hydrogen-bond acceptors (Lipinski definition) is 4. The van der Waals surface area contributed by atoms with Crippen molar-refractivity contribution in [2.45, 2.75) is 32.4 Å². The first-order valence-electron chi connectivity index (χ1n) is 5.29. The summed E-state index contributed by atoms with van der Waals surface area (Å²) in [6, 6.07) is -1.25. The third kappa shape index (κ3) is 2.70. The van der Waals surface area contributed by atoms with E-state index in [1.165, 1.54) is 6.92 Å². The summed E-state index contributed by atoms with van der Waals surface area (Å²) in [7, 11) is 0. The predicted octanol–water partition coefficient (Wildman–Crippen LogP) is -1.06. The second-order valence-electron chi connectivity index (χ2n) is 4.52. The Morgan fingerprint density at radius 1 is 1.50 bits per heavy atom. The molecule has 92 valence electrons. The molecule has 0 radical (unpaired) electrons. The molecule has 4 N–H and O–H groups in total. The number of aliphatic hydroxyl groups excluding tert-OH is 1. The quantitative estimate of drug-likeness (QED) is 0.493. The lowest BCUT2D eigenvalue weighted by atomic mass is 9.88. The zero-order chi connectivity index (χ0) is 12.3. The Bertz CT molecular complexity index is 285. The van der Waals surface area contributed by atoms with Crippen molar-refractivity contribution in [3.63, 3.8) is 0 Å². The van der Waals surface area contributed by atoms with E-state index in [9.17, 15) is 14.7 Å². The number of nitrogens with one attached hydrogen (secondary N) is 2. The number of aliphatic hydroxyl groups is 1. The Morgan fingerprint density at radius 2 is 2.12 bits per heavy atom. The van der Waals surface area contributed by atoms with E-state index in [2.05, 4.69) is 10.6 Å². The SMILES string of the molecule is C[C@@H](O)[C@H](NC(=O)C1(C)CCNC1)C(=O)O. The number of amides is 1. The van der Waals surface area contributed by atoms with Crippen molar-refractivity contribution in [1.82, 2.24) is 10.6 Å². The number of hydrogen-bond donors (Lipinski definition) is 4. The van der Waals surface area contributed by atoms with Gasteiger partial charge in [0.1, 0.15) is 0 Å². The third-order valence-electron chi connectivity index (χ3n) is 2.95. The van der Waals surface area contributed by atoms with Gasteiger partial charge in [-0.25, -0.2) is 4.79 Å². The molecule has 0 aliphatic carbocycles. The van der Waals surface area contributed by atoms with E-state index in [-0.39, 0.29) is 5.91 Å². The van der Waals surface area contributed by atoms with Crippen LogP contribution in [0.2, 0.25) is 0 Å². The zero-order valence-corrected chi connectivity index (χ0v) is 9.49. The van der Waals surface area contributed by atoms with Gasteiger partial charge in [0.2, 0.25) is 5.91 Å². The van der Waals surface area contributed by atoms with E-state index < -0.39 is 23.5 Å². The van der Waals surface area contributed by atoms with Crippen molar-refractivity contribution < 1.29 is 19.8 Å². The summed E-state index contributed by atoms with van der Waals surface area (Å²) in [5.41, 5.74) is -0.581. The van der Waals surface area contributed by atoms with Gasteiger partial charge in [0, 0.05) is 6.54 Å². The highest BCUT2D eigenvalue weighted by molar-refractivity contribution is 5.87. The van der Waals surface area contributed by atoms with E-state index in [1.807, 2.05) is 0 Å². The van der Waals surface area contributed by atoms with E-state index in [0.717, 1.165) is 6.54 Å². The predicted molar refractivity (Wildman–Crippen MR) is 56.8 cm³/mol. The Hall–Kier alpha value is -1.14. The molecule has 1 rings (SSSR count). The zero-order valence-electron chi connectivity index (χ0n) is 9.49. The monoisotopic (exact) mass is 230 g/mol. The van der Waals surface area contributed by atoms with Gasteiger partial charge in [-0.05, 0) is 26.8 Å². The largest absolute Gasteiger partial charge is 0.480 e. The van der Waals surface area contributed by atoms with Gasteiger partial charge in [0.15, 0.2) is 6.04 Å². The molecule has 1 aliphatic heterocycles. The maximum atomic E-state index is 11.9. The summed E-state index contributed by atoms with van der Waals surface area (Å²) in [6.07, 6.45) is -0.440. The van der Waals surface area contributed by atoms with Crippen LogP contribution in [0, 0.1) is 5.41 Å². The van der Waals surface area contributed by atoms with Crippen molar-refractivity contribution in [1.29, 1.82) is 0 Å². The van der Waals surface area contributed by atoms with E-state index in [4.69, 9.17) is 5.11 Å². The molecule has 0 aromatic heterocycles. The number of rotatable bonds is 4. The van der Waals surface area contributed by atoms with Crippen LogP contribution >= 0.6 is 0 Å². The van der Waals surface area contributed by atoms with Crippen LogP contribution < -0.4 is 10.6 Å². The van der Waals surface area contributed by atoms with Gasteiger partial charge < -0.3 is 20.8 Å². The lowest BCUT2D eigenvalue weighted by molar-refractivity contribution is -0.146. The summed E-state index contributed by atoms with van der Waals surface area (Å²) in [5.74, 6) is -1.55. The average molecular weight is 230 g/mol. The minimum Gasteiger partial charge on any atom is -0.480 e. The topological polar surface area (TPSA) is 98.7 Å². The van der Waals surface area contributed by atoms with Crippen LogP contribution in [-0.4, -0.2) is 47.3 Å². The molecule has 1 aliphatic rings. The van der Waals surface area contributed by atoms with Crippen LogP contribution in [0.25, 0.3) is 0 Å². The Labute approximate surface area is 94.0 Å². The number of carboxylic acids is 1. The highest BCUT2D eigenvalue weighted by atomic mass is 16.4. The summed E-state index contributed by atoms with van der Waals surface area (Å²) in [6.45, 7) is 4.40. The number of aliphatic carboxylic acids is 1. The molecule has 1 heterocycles. The molecule has 0 aromatic rings. The second-order valence-corrected chi connectivity index (χ2v) is 4.52. The first-order valence-corrected chi connectivity index (χ1v) is 5.29. The van der Waals surface area contributed by atoms with Crippen molar-refractivity contribution in [2.24, 2.45) is 5.41 Å². The number of carboxylic acid groups (broad SMARTS) is 1. The van der Waals surface area contributed by atoms with Gasteiger partial charge in [0.25, 0.3) is 0 Å². The second kappa shape index (κ2) is 4.80. The molecule has 0 bridgehead atoms. The fourth-order valence-corrected chi connectivity index (χ4v) is 1.71. The average Bonchev–Trinajstić information content (AvgIpc) is 2.61. The van der Waals surface area contributed by atoms with Crippen LogP contribution in [0.15, 0.2) is 0 Å². The van der Waals surface area contributed by atoms with Gasteiger partial charge in [-0.15, -0.1) is 0 Å². The number of carbonyl (C=O) groups is 2. The minimum absolute atomic E-state index is 0.328. The van der Waals surface area contributed by atoms with Crippen LogP contribution in [0.3, 0.4) is 0 Å². The van der Waals surface area contributed by atoms with Gasteiger partial charge in [-0.3, -0.25) is 4.79 Å². The van der Waals surface area contributed by atoms with Crippen LogP contribution in [0.4, 0.5) is 0 Å². The van der Waals surface area contributed by atoms with E-state index in [1.54, 1.807) is 6.92 Å². The molecular weight excluding hydrogens is 212 g/mol. The maximum Gasteiger partial charge on any atom is 0.328 e. The Kier molecular flexibility index (Phi) is 3.88. The van der Waals surface area contributed by atoms with Crippen LogP contribution in [0.5, 0.6) is 0 Å². The van der Waals surface area contributed by atoms with E-state index >= 15 is 0 Å². The fraction of sp³-hybridized carbons (Fsp3) is 0.800. The molecule has 1 unspecified atom stereocenters. The molecule has 3 atom stereocenters. The molecule has 0 spiro atoms. The Balaban J connectivity index is 2.65. The fourth-order valence-electron chi connectivity index (χ4n) is 1.71. The maximum absolute atomic E-state index is 11.9. The highest BCUT2D eigenvalue weighted by Crippen LogP contribution is 2.24. The molecule has 0 saturated carbocycles. The summed E-state index contributed by atoms with van der Waals surface area (Å²) in [4.78, 5) is 22.7. The van der Waals surface area contributed by atoms with Crippen molar-refractivity contribution in [2.75, 3.05) is 13.1 Å². The van der Waals surface area contributed by atoms with Gasteiger partial charge in [0.05, 0.1) is 11.5 Å². The van der Waals surface area contributed by atoms with E-state index in [0.29, 0.717) is 13.0 Å². The van der Waals surface area contributed by atoms with Crippen molar-refractivity contribution >= 4 is 11.9 Å². The third-order valence-corrected chi connectivity index (χ3v) is 2.95. The van der Waals surface area contributed by atoms with Gasteiger partial charge >= 0.3 is 5.97 Å². The molecule has 6 heteroatoms. The Morgan fingerprint density at radius 3 is 2.50 bits per heavy atom. The summed E-state index contributed by atoms with van der Waals surface area (Å²) < 4.78 is 0. The molecule has 1 saturated heterocycles. The molecule has 16 heavy (non-hydrogen) atoms. The molecular formula is C10H18N2O4. The number of carbonyl (C=O) groups excluding carboxylic acids is 1. The standard InChI is InChI=1S/C10H18N2O4/c1-6(13)7(8(14)15)12-9(16)10(2)3-4-11-5-10/h6-7,11,13H,3-5H2,1-2H3,(H,12,16)(H,14,15)/t6-,7+,10?/m1/s1. The van der Waals surface area contributed by atoms with Crippen LogP contribution in [-0.2, 0) is 9.59 Å². The lowest BCUT2D eigenvalue weighted by Gasteiger charge is -2.25. The summed E-state index contributed by atoms with van der Waals surface area (Å²) in [5, 5.41) is 23.5.